The average Bonchev–Trinajstić information content (AvgIpc) is 3.59. The van der Waals surface area contributed by atoms with Crippen LogP contribution in [-0.4, -0.2) is 63.9 Å². The topological polar surface area (TPSA) is 139 Å². The van der Waals surface area contributed by atoms with Crippen molar-refractivity contribution in [2.45, 2.75) is 59.4 Å². The van der Waals surface area contributed by atoms with Gasteiger partial charge in [-0.1, -0.05) is 25.9 Å². The van der Waals surface area contributed by atoms with Gasteiger partial charge < -0.3 is 29.8 Å². The number of aromatic nitrogens is 5. The largest absolute Gasteiger partial charge is 0.490 e. The van der Waals surface area contributed by atoms with Gasteiger partial charge in [-0.3, -0.25) is 4.79 Å². The highest BCUT2D eigenvalue weighted by Crippen LogP contribution is 2.23. The summed E-state index contributed by atoms with van der Waals surface area (Å²) >= 11 is 0. The van der Waals surface area contributed by atoms with Crippen LogP contribution in [0, 0.1) is 12.8 Å². The van der Waals surface area contributed by atoms with Crippen molar-refractivity contribution in [1.82, 2.24) is 25.1 Å². The predicted molar refractivity (Wildman–Crippen MR) is 144 cm³/mol. The van der Waals surface area contributed by atoms with Crippen LogP contribution in [-0.2, 0) is 6.42 Å². The number of aromatic amines is 1. The van der Waals surface area contributed by atoms with E-state index < -0.39 is 0 Å². The van der Waals surface area contributed by atoms with E-state index in [2.05, 4.69) is 34.9 Å². The summed E-state index contributed by atoms with van der Waals surface area (Å²) in [4.78, 5) is 30.5. The van der Waals surface area contributed by atoms with Crippen LogP contribution in [0.15, 0.2) is 40.0 Å². The Morgan fingerprint density at radius 2 is 1.84 bits per heavy atom. The molecule has 11 heteroatoms. The van der Waals surface area contributed by atoms with Gasteiger partial charge in [-0.2, -0.15) is 4.98 Å². The van der Waals surface area contributed by atoms with E-state index in [9.17, 15) is 4.79 Å². The van der Waals surface area contributed by atoms with Gasteiger partial charge in [-0.25, -0.2) is 9.97 Å². The SMILES string of the molecule is CC.CCc1noc(N2CCC(COc3cnc(N4CCC(N)C4)nc3)CC2)n1.Cc1cc[nH]c(=O)c1. The number of piperidine rings is 1. The Bertz CT molecular complexity index is 1110. The van der Waals surface area contributed by atoms with Crippen LogP contribution in [0.2, 0.25) is 0 Å². The molecule has 202 valence electrons. The molecule has 1 atom stereocenters. The highest BCUT2D eigenvalue weighted by molar-refractivity contribution is 5.33. The highest BCUT2D eigenvalue weighted by Gasteiger charge is 2.24. The fourth-order valence-electron chi connectivity index (χ4n) is 4.09. The number of hydrogen-bond acceptors (Lipinski definition) is 10. The maximum Gasteiger partial charge on any atom is 0.324 e. The molecule has 1 unspecified atom stereocenters. The van der Waals surface area contributed by atoms with Crippen LogP contribution in [0.1, 0.15) is 51.4 Å². The Morgan fingerprint density at radius 1 is 1.14 bits per heavy atom. The van der Waals surface area contributed by atoms with Crippen LogP contribution in [0.4, 0.5) is 12.0 Å². The van der Waals surface area contributed by atoms with Crippen molar-refractivity contribution in [3.8, 4) is 5.75 Å². The zero-order valence-electron chi connectivity index (χ0n) is 22.4. The Morgan fingerprint density at radius 3 is 2.38 bits per heavy atom. The number of ether oxygens (including phenoxy) is 1. The zero-order chi connectivity index (χ0) is 26.6. The van der Waals surface area contributed by atoms with Crippen molar-refractivity contribution in [3.05, 3.63) is 52.5 Å². The third kappa shape index (κ3) is 8.56. The lowest BCUT2D eigenvalue weighted by Gasteiger charge is -2.30. The summed E-state index contributed by atoms with van der Waals surface area (Å²) in [5.74, 6) is 2.71. The minimum Gasteiger partial charge on any atom is -0.490 e. The predicted octanol–water partition coefficient (Wildman–Crippen LogP) is 2.96. The molecule has 5 rings (SSSR count). The molecule has 3 N–H and O–H groups in total. The van der Waals surface area contributed by atoms with Gasteiger partial charge in [0.25, 0.3) is 0 Å². The summed E-state index contributed by atoms with van der Waals surface area (Å²) in [6, 6.07) is 4.26. The van der Waals surface area contributed by atoms with E-state index in [1.54, 1.807) is 24.7 Å². The second-order valence-corrected chi connectivity index (χ2v) is 9.03. The van der Waals surface area contributed by atoms with Crippen LogP contribution in [0.3, 0.4) is 0 Å². The highest BCUT2D eigenvalue weighted by atomic mass is 16.5. The molecule has 0 aromatic carbocycles. The molecule has 2 saturated heterocycles. The van der Waals surface area contributed by atoms with Crippen molar-refractivity contribution >= 4 is 12.0 Å². The number of nitrogens with two attached hydrogens (primary N) is 1. The van der Waals surface area contributed by atoms with E-state index in [4.69, 9.17) is 15.0 Å². The molecule has 2 aliphatic heterocycles. The first-order valence-corrected chi connectivity index (χ1v) is 13.2. The maximum atomic E-state index is 10.4. The van der Waals surface area contributed by atoms with Crippen molar-refractivity contribution in [2.24, 2.45) is 11.7 Å². The fraction of sp³-hybridized carbons (Fsp3) is 0.577. The van der Waals surface area contributed by atoms with E-state index in [0.717, 1.165) is 69.2 Å². The van der Waals surface area contributed by atoms with Gasteiger partial charge in [0.2, 0.25) is 11.5 Å². The molecule has 2 aliphatic rings. The molecule has 0 spiro atoms. The molecule has 0 radical (unpaired) electrons. The third-order valence-electron chi connectivity index (χ3n) is 6.20. The van der Waals surface area contributed by atoms with Crippen LogP contribution >= 0.6 is 0 Å². The standard InChI is InChI=1S/C18H27N7O2.C6H7NO.C2H6/c1-2-16-22-18(27-23-16)24-6-3-13(4-7-24)12-26-15-9-20-17(21-10-15)25-8-5-14(19)11-25;1-5-2-3-7-6(8)4-5;1-2/h9-10,13-14H,2-8,11-12,19H2,1H3;2-4H,1H3,(H,7,8);1-2H3. The molecule has 0 amide bonds. The number of aryl methyl sites for hydroxylation is 2. The molecule has 0 bridgehead atoms. The second-order valence-electron chi connectivity index (χ2n) is 9.03. The van der Waals surface area contributed by atoms with Gasteiger partial charge in [0, 0.05) is 50.9 Å². The molecule has 37 heavy (non-hydrogen) atoms. The summed E-state index contributed by atoms with van der Waals surface area (Å²) in [7, 11) is 0. The maximum absolute atomic E-state index is 10.4. The normalized spacial score (nSPS) is 17.5. The van der Waals surface area contributed by atoms with E-state index in [1.807, 2.05) is 33.8 Å². The summed E-state index contributed by atoms with van der Waals surface area (Å²) in [5, 5.41) is 3.97. The van der Waals surface area contributed by atoms with Crippen LogP contribution in [0.25, 0.3) is 0 Å². The smallest absolute Gasteiger partial charge is 0.324 e. The van der Waals surface area contributed by atoms with Crippen LogP contribution in [0.5, 0.6) is 5.75 Å². The Balaban J connectivity index is 0.000000322. The Hall–Kier alpha value is -3.47. The van der Waals surface area contributed by atoms with Crippen LogP contribution < -0.4 is 25.8 Å². The van der Waals surface area contributed by atoms with E-state index in [-0.39, 0.29) is 11.6 Å². The fourth-order valence-corrected chi connectivity index (χ4v) is 4.09. The third-order valence-corrected chi connectivity index (χ3v) is 6.20. The second kappa shape index (κ2) is 14.3. The Labute approximate surface area is 218 Å². The molecule has 0 aliphatic carbocycles. The molecular formula is C26H40N8O3. The van der Waals surface area contributed by atoms with Gasteiger partial charge >= 0.3 is 6.01 Å². The molecule has 2 fully saturated rings. The number of anilines is 2. The number of rotatable bonds is 6. The van der Waals surface area contributed by atoms with E-state index in [0.29, 0.717) is 24.3 Å². The quantitative estimate of drug-likeness (QED) is 0.506. The monoisotopic (exact) mass is 512 g/mol. The summed E-state index contributed by atoms with van der Waals surface area (Å²) in [6.07, 6.45) is 9.00. The molecule has 11 nitrogen and oxygen atoms in total. The van der Waals surface area contributed by atoms with E-state index in [1.165, 1.54) is 0 Å². The van der Waals surface area contributed by atoms with Gasteiger partial charge in [-0.05, 0) is 43.7 Å². The molecule has 3 aromatic rings. The van der Waals surface area contributed by atoms with Gasteiger partial charge in [0.1, 0.15) is 0 Å². The first kappa shape index (κ1) is 28.1. The van der Waals surface area contributed by atoms with Crippen molar-refractivity contribution in [2.75, 3.05) is 42.6 Å². The first-order valence-electron chi connectivity index (χ1n) is 13.2. The summed E-state index contributed by atoms with van der Waals surface area (Å²) < 4.78 is 11.2. The molecule has 3 aromatic heterocycles. The number of pyridine rings is 1. The molecule has 0 saturated carbocycles. The van der Waals surface area contributed by atoms with Crippen molar-refractivity contribution in [3.63, 3.8) is 0 Å². The lowest BCUT2D eigenvalue weighted by Crippen LogP contribution is -2.35. The average molecular weight is 513 g/mol. The van der Waals surface area contributed by atoms with Gasteiger partial charge in [-0.15, -0.1) is 0 Å². The van der Waals surface area contributed by atoms with Crippen molar-refractivity contribution < 1.29 is 9.26 Å². The van der Waals surface area contributed by atoms with Crippen molar-refractivity contribution in [1.29, 1.82) is 0 Å². The number of H-pyrrole nitrogens is 1. The molecule has 5 heterocycles. The summed E-state index contributed by atoms with van der Waals surface area (Å²) in [5.41, 5.74) is 6.90. The number of hydrogen-bond donors (Lipinski definition) is 2. The lowest BCUT2D eigenvalue weighted by molar-refractivity contribution is 0.219. The minimum absolute atomic E-state index is 0.0370. The Kier molecular flexibility index (Phi) is 10.9. The number of nitrogens with zero attached hydrogens (tertiary/aromatic N) is 6. The number of nitrogens with one attached hydrogen (secondary N) is 1. The van der Waals surface area contributed by atoms with Gasteiger partial charge in [0.15, 0.2) is 11.6 Å². The zero-order valence-corrected chi connectivity index (χ0v) is 22.4. The molecular weight excluding hydrogens is 472 g/mol. The first-order chi connectivity index (χ1) is 18.0. The lowest BCUT2D eigenvalue weighted by atomic mass is 9.98. The van der Waals surface area contributed by atoms with E-state index >= 15 is 0 Å². The van der Waals surface area contributed by atoms with Gasteiger partial charge in [0.05, 0.1) is 19.0 Å². The minimum atomic E-state index is -0.0370. The summed E-state index contributed by atoms with van der Waals surface area (Å²) in [6.45, 7) is 12.1.